The molecule has 1 radical (unpaired) electrons. The van der Waals surface area contributed by atoms with Crippen LogP contribution in [-0.2, 0) is 25.5 Å². The normalized spacial score (nSPS) is 12.7. The van der Waals surface area contributed by atoms with Crippen molar-refractivity contribution >= 4 is 54.5 Å². The molecule has 329 valence electrons. The average Bonchev–Trinajstić information content (AvgIpc) is 3.91. The molecule has 11 rings (SSSR count). The van der Waals surface area contributed by atoms with Gasteiger partial charge in [-0.1, -0.05) is 145 Å². The Balaban J connectivity index is 0.000000238. The summed E-state index contributed by atoms with van der Waals surface area (Å²) >= 11 is 0. The Hall–Kier alpha value is -6.72. The maximum atomic E-state index is 7.35. The fourth-order valence-corrected chi connectivity index (χ4v) is 8.91. The molecule has 6 heteroatoms. The molecule has 0 N–H and O–H groups in total. The van der Waals surface area contributed by atoms with Crippen molar-refractivity contribution in [1.82, 2.24) is 19.5 Å². The van der Waals surface area contributed by atoms with Crippen molar-refractivity contribution in [3.8, 4) is 39.6 Å². The molecule has 0 aliphatic heterocycles. The number of hydrogen-bond donors (Lipinski definition) is 0. The third-order valence-corrected chi connectivity index (χ3v) is 12.3. The summed E-state index contributed by atoms with van der Waals surface area (Å²) in [6.07, 6.45) is 1.72. The number of fused-ring (bicyclic) bond motifs is 7. The minimum Gasteiger partial charge on any atom is -0.501 e. The summed E-state index contributed by atoms with van der Waals surface area (Å²) in [5.74, 6) is 1.97. The molecule has 66 heavy (non-hydrogen) atoms. The van der Waals surface area contributed by atoms with Gasteiger partial charge in [-0.05, 0) is 98.1 Å². The van der Waals surface area contributed by atoms with Gasteiger partial charge in [0.15, 0.2) is 0 Å². The van der Waals surface area contributed by atoms with E-state index in [4.69, 9.17) is 13.5 Å². The molecule has 0 unspecified atom stereocenters. The van der Waals surface area contributed by atoms with E-state index in [1.807, 2.05) is 12.1 Å². The number of aromatic nitrogens is 4. The van der Waals surface area contributed by atoms with Crippen molar-refractivity contribution in [2.45, 2.75) is 72.6 Å². The van der Waals surface area contributed by atoms with Gasteiger partial charge in [-0.3, -0.25) is 15.0 Å². The summed E-state index contributed by atoms with van der Waals surface area (Å²) in [6.45, 7) is 13.3. The van der Waals surface area contributed by atoms with Crippen LogP contribution >= 0.6 is 0 Å². The van der Waals surface area contributed by atoms with Gasteiger partial charge in [-0.15, -0.1) is 53.6 Å². The van der Waals surface area contributed by atoms with Crippen molar-refractivity contribution < 1.29 is 28.6 Å². The number of para-hydroxylation sites is 2. The smallest absolute Gasteiger partial charge is 0.121 e. The molecule has 0 spiro atoms. The van der Waals surface area contributed by atoms with Gasteiger partial charge in [0.25, 0.3) is 0 Å². The Morgan fingerprint density at radius 3 is 2.11 bits per heavy atom. The predicted molar refractivity (Wildman–Crippen MR) is 271 cm³/mol. The number of benzene rings is 8. The molecule has 0 saturated carbocycles. The number of furan rings is 1. The van der Waals surface area contributed by atoms with Gasteiger partial charge in [0.2, 0.25) is 0 Å². The summed E-state index contributed by atoms with van der Waals surface area (Å²) in [4.78, 5) is 14.1. The van der Waals surface area contributed by atoms with Crippen LogP contribution in [0.2, 0.25) is 0 Å². The minimum atomic E-state index is -2.11. The van der Waals surface area contributed by atoms with Crippen LogP contribution in [-0.4, -0.2) is 19.5 Å². The first kappa shape index (κ1) is 40.8. The van der Waals surface area contributed by atoms with Gasteiger partial charge >= 0.3 is 0 Å². The number of aryl methyl sites for hydroxylation is 1. The zero-order valence-corrected chi connectivity index (χ0v) is 40.6. The van der Waals surface area contributed by atoms with E-state index in [1.54, 1.807) is 18.3 Å². The van der Waals surface area contributed by atoms with E-state index in [0.717, 1.165) is 50.1 Å². The Morgan fingerprint density at radius 1 is 0.652 bits per heavy atom. The molecule has 0 saturated heterocycles. The first-order valence-corrected chi connectivity index (χ1v) is 22.4. The molecular weight excluding hydrogens is 985 g/mol. The fraction of sp³-hybridized carbons (Fsp3) is 0.183. The molecular formula is C60H52IrN4O-2. The zero-order valence-electron chi connectivity index (χ0n) is 41.2. The van der Waals surface area contributed by atoms with Gasteiger partial charge in [0, 0.05) is 52.6 Å². The third-order valence-electron chi connectivity index (χ3n) is 12.3. The van der Waals surface area contributed by atoms with E-state index in [1.165, 1.54) is 55.6 Å². The maximum Gasteiger partial charge on any atom is 0.121 e. The van der Waals surface area contributed by atoms with Crippen LogP contribution < -0.4 is 0 Å². The SMILES string of the molecule is CC(C)c1cc(-c2ccccc2)cc(C(C)C)c1-n1c(-c2[c-]ccc3c2oc2cc4c(ccc5ccccc54)cc23)nc2ccccc21.[2H]C([2H])([2H])c1c[c-]c(-c2nccc(C(C)(C)C)n2)cc1.[Ir]. The molecule has 11 aromatic rings. The summed E-state index contributed by atoms with van der Waals surface area (Å²) in [7, 11) is 0. The summed E-state index contributed by atoms with van der Waals surface area (Å²) < 4.78 is 31.2. The standard InChI is InChI=1S/C45H35N2O.C15H17N2.Ir/c1-27(2)36-24-32(29-13-6-5-7-14-29)25-37(28(3)4)43(36)47-41-20-11-10-19-40(41)46-45(47)35-18-12-17-34-39-23-31-22-21-30-15-8-9-16-33(30)38(31)26-42(39)48-44(34)35;1-11-5-7-12(8-6-11)14-16-10-9-13(17-14)15(2,3)4;/h5-17,19-28H,1-4H3;5-7,9-10H,1-4H3;/q2*-1;/i;1D3;. The molecule has 0 bridgehead atoms. The predicted octanol–water partition coefficient (Wildman–Crippen LogP) is 16.2. The number of nitrogens with zero attached hydrogens (tertiary/aromatic N) is 4. The van der Waals surface area contributed by atoms with Crippen molar-refractivity contribution in [2.75, 3.05) is 0 Å². The molecule has 0 aliphatic carbocycles. The summed E-state index contributed by atoms with van der Waals surface area (Å²) in [5.41, 5.74) is 12.7. The Kier molecular flexibility index (Phi) is 11.1. The summed E-state index contributed by atoms with van der Waals surface area (Å²) in [5, 5.41) is 7.02. The van der Waals surface area contributed by atoms with E-state index in [9.17, 15) is 0 Å². The van der Waals surface area contributed by atoms with Crippen LogP contribution in [0.5, 0.6) is 0 Å². The molecule has 3 heterocycles. The molecule has 0 amide bonds. The van der Waals surface area contributed by atoms with Crippen molar-refractivity contribution in [3.05, 3.63) is 192 Å². The van der Waals surface area contributed by atoms with Crippen molar-refractivity contribution in [2.24, 2.45) is 0 Å². The van der Waals surface area contributed by atoms with E-state index >= 15 is 0 Å². The fourth-order valence-electron chi connectivity index (χ4n) is 8.91. The molecule has 0 fully saturated rings. The quantitative estimate of drug-likeness (QED) is 0.123. The van der Waals surface area contributed by atoms with Gasteiger partial charge in [0.1, 0.15) is 5.58 Å². The van der Waals surface area contributed by atoms with Crippen LogP contribution in [0.25, 0.3) is 94.1 Å². The molecule has 5 nitrogen and oxygen atoms in total. The second-order valence-electron chi connectivity index (χ2n) is 18.5. The van der Waals surface area contributed by atoms with Crippen LogP contribution in [0.4, 0.5) is 0 Å². The molecule has 0 atom stereocenters. The Bertz CT molecular complexity index is 3630. The van der Waals surface area contributed by atoms with Gasteiger partial charge in [-0.25, -0.2) is 0 Å². The maximum absolute atomic E-state index is 7.35. The van der Waals surface area contributed by atoms with E-state index < -0.39 is 6.85 Å². The monoisotopic (exact) mass is 1040 g/mol. The molecule has 3 aromatic heterocycles. The number of hydrogen-bond acceptors (Lipinski definition) is 4. The first-order chi connectivity index (χ1) is 32.6. The second-order valence-corrected chi connectivity index (χ2v) is 18.5. The first-order valence-electron chi connectivity index (χ1n) is 23.9. The van der Waals surface area contributed by atoms with Gasteiger partial charge < -0.3 is 8.98 Å². The number of rotatable bonds is 6. The molecule has 0 aliphatic rings. The van der Waals surface area contributed by atoms with Gasteiger partial charge in [-0.2, -0.15) is 0 Å². The van der Waals surface area contributed by atoms with Gasteiger partial charge in [0.05, 0.1) is 28.3 Å². The van der Waals surface area contributed by atoms with Crippen LogP contribution in [0.15, 0.2) is 162 Å². The number of imidazole rings is 1. The topological polar surface area (TPSA) is 56.7 Å². The largest absolute Gasteiger partial charge is 0.501 e. The minimum absolute atomic E-state index is 0. The second kappa shape index (κ2) is 17.9. The summed E-state index contributed by atoms with van der Waals surface area (Å²) in [6, 6.07) is 58.7. The third kappa shape index (κ3) is 8.25. The van der Waals surface area contributed by atoms with E-state index in [2.05, 4.69) is 196 Å². The van der Waals surface area contributed by atoms with Crippen LogP contribution in [0, 0.1) is 19.0 Å². The Labute approximate surface area is 405 Å². The van der Waals surface area contributed by atoms with E-state index in [-0.39, 0.29) is 42.9 Å². The van der Waals surface area contributed by atoms with Crippen molar-refractivity contribution in [3.63, 3.8) is 0 Å². The van der Waals surface area contributed by atoms with Crippen molar-refractivity contribution in [1.29, 1.82) is 0 Å². The van der Waals surface area contributed by atoms with E-state index in [0.29, 0.717) is 11.4 Å². The Morgan fingerprint density at radius 2 is 1.38 bits per heavy atom. The molecule has 8 aromatic carbocycles. The zero-order chi connectivity index (χ0) is 47.5. The average molecular weight is 1040 g/mol. The van der Waals surface area contributed by atoms with Crippen LogP contribution in [0.3, 0.4) is 0 Å². The van der Waals surface area contributed by atoms with Crippen LogP contribution in [0.1, 0.15) is 86.8 Å².